The summed E-state index contributed by atoms with van der Waals surface area (Å²) in [4.78, 5) is 13.6. The van der Waals surface area contributed by atoms with Gasteiger partial charge in [0.15, 0.2) is 0 Å². The topological polar surface area (TPSA) is 49.6 Å². The number of carbonyl (C=O) groups excluding carboxylic acids is 1. The predicted molar refractivity (Wildman–Crippen MR) is 66.2 cm³/mol. The molecule has 2 N–H and O–H groups in total. The minimum atomic E-state index is -0.172. The molecule has 16 heavy (non-hydrogen) atoms. The Labute approximate surface area is 96.6 Å². The Hall–Kier alpha value is -1.55. The number of amides is 2. The molecule has 2 amide bonds. The fourth-order valence-corrected chi connectivity index (χ4v) is 1.46. The Kier molecular flexibility index (Phi) is 4.31. The van der Waals surface area contributed by atoms with Crippen LogP contribution in [0.25, 0.3) is 0 Å². The number of hydrogen-bond donors (Lipinski definition) is 1. The van der Waals surface area contributed by atoms with E-state index in [1.807, 2.05) is 45.0 Å². The van der Waals surface area contributed by atoms with Crippen LogP contribution in [0.1, 0.15) is 19.4 Å². The number of nitrogens with two attached hydrogens (primary N) is 1. The van der Waals surface area contributed by atoms with Crippen molar-refractivity contribution in [3.63, 3.8) is 0 Å². The first-order valence-corrected chi connectivity index (χ1v) is 5.50. The molecule has 0 bridgehead atoms. The first-order chi connectivity index (χ1) is 7.60. The Morgan fingerprint density at radius 1 is 1.19 bits per heavy atom. The summed E-state index contributed by atoms with van der Waals surface area (Å²) in [6.07, 6.45) is 0. The maximum absolute atomic E-state index is 11.9. The molecule has 1 aromatic carbocycles. The third kappa shape index (κ3) is 2.73. The Balaban J connectivity index is 2.81. The van der Waals surface area contributed by atoms with Gasteiger partial charge in [-0.15, -0.1) is 0 Å². The summed E-state index contributed by atoms with van der Waals surface area (Å²) in [7, 11) is 0. The van der Waals surface area contributed by atoms with Gasteiger partial charge in [-0.3, -0.25) is 0 Å². The number of rotatable bonds is 3. The van der Waals surface area contributed by atoms with Crippen LogP contribution in [0, 0.1) is 6.92 Å². The third-order valence-electron chi connectivity index (χ3n) is 2.55. The quantitative estimate of drug-likeness (QED) is 0.483. The van der Waals surface area contributed by atoms with Crippen LogP contribution >= 0.6 is 0 Å². The van der Waals surface area contributed by atoms with Gasteiger partial charge >= 0.3 is 6.03 Å². The van der Waals surface area contributed by atoms with E-state index in [-0.39, 0.29) is 6.03 Å². The average Bonchev–Trinajstić information content (AvgIpc) is 2.30. The number of aryl methyl sites for hydroxylation is 1. The second-order valence-electron chi connectivity index (χ2n) is 3.66. The lowest BCUT2D eigenvalue weighted by atomic mass is 10.2. The molecule has 0 aromatic heterocycles. The molecule has 1 rings (SSSR count). The van der Waals surface area contributed by atoms with Gasteiger partial charge in [0.05, 0.1) is 5.69 Å². The minimum absolute atomic E-state index is 0.172. The van der Waals surface area contributed by atoms with Crippen molar-refractivity contribution >= 4 is 11.7 Å². The van der Waals surface area contributed by atoms with Gasteiger partial charge in [-0.25, -0.2) is 15.6 Å². The van der Waals surface area contributed by atoms with Gasteiger partial charge in [-0.1, -0.05) is 17.7 Å². The molecule has 0 heterocycles. The zero-order valence-corrected chi connectivity index (χ0v) is 10.1. The largest absolute Gasteiger partial charge is 0.338 e. The van der Waals surface area contributed by atoms with Gasteiger partial charge in [0.1, 0.15) is 0 Å². The van der Waals surface area contributed by atoms with E-state index in [0.29, 0.717) is 18.8 Å². The number of carbonyl (C=O) groups is 1. The van der Waals surface area contributed by atoms with Crippen molar-refractivity contribution in [1.29, 1.82) is 0 Å². The van der Waals surface area contributed by atoms with Gasteiger partial charge in [-0.05, 0) is 32.9 Å². The molecule has 0 unspecified atom stereocenters. The smallest absolute Gasteiger partial charge is 0.324 e. The van der Waals surface area contributed by atoms with E-state index >= 15 is 0 Å². The maximum Gasteiger partial charge on any atom is 0.338 e. The van der Waals surface area contributed by atoms with E-state index in [9.17, 15) is 4.79 Å². The first-order valence-electron chi connectivity index (χ1n) is 5.50. The van der Waals surface area contributed by atoms with E-state index in [0.717, 1.165) is 5.56 Å². The highest BCUT2D eigenvalue weighted by Crippen LogP contribution is 2.13. The third-order valence-corrected chi connectivity index (χ3v) is 2.55. The molecular formula is C12H19N3O. The van der Waals surface area contributed by atoms with E-state index in [2.05, 4.69) is 0 Å². The molecule has 88 valence electrons. The first kappa shape index (κ1) is 12.5. The molecule has 4 heteroatoms. The number of urea groups is 1. The zero-order chi connectivity index (χ0) is 12.1. The molecule has 4 nitrogen and oxygen atoms in total. The van der Waals surface area contributed by atoms with Crippen molar-refractivity contribution < 1.29 is 4.79 Å². The molecule has 0 spiro atoms. The summed E-state index contributed by atoms with van der Waals surface area (Å²) >= 11 is 0. The lowest BCUT2D eigenvalue weighted by Crippen LogP contribution is -2.47. The standard InChI is InChI=1S/C12H19N3O/c1-4-14(5-2)12(16)15(13)11-8-6-10(3)7-9-11/h6-9H,4-5,13H2,1-3H3. The van der Waals surface area contributed by atoms with E-state index in [4.69, 9.17) is 5.84 Å². The van der Waals surface area contributed by atoms with Gasteiger partial charge in [0.2, 0.25) is 0 Å². The predicted octanol–water partition coefficient (Wildman–Crippen LogP) is 2.14. The van der Waals surface area contributed by atoms with Crippen LogP contribution in [0.3, 0.4) is 0 Å². The SMILES string of the molecule is CCN(CC)C(=O)N(N)c1ccc(C)cc1. The Morgan fingerprint density at radius 3 is 2.12 bits per heavy atom. The van der Waals surface area contributed by atoms with Gasteiger partial charge in [0, 0.05) is 13.1 Å². The molecule has 0 aliphatic heterocycles. The molecule has 0 radical (unpaired) electrons. The minimum Gasteiger partial charge on any atom is -0.324 e. The van der Waals surface area contributed by atoms with Crippen molar-refractivity contribution in [3.05, 3.63) is 29.8 Å². The van der Waals surface area contributed by atoms with Gasteiger partial charge in [0.25, 0.3) is 0 Å². The van der Waals surface area contributed by atoms with E-state index < -0.39 is 0 Å². The molecule has 1 aromatic rings. The molecule has 0 saturated heterocycles. The summed E-state index contributed by atoms with van der Waals surface area (Å²) in [6.45, 7) is 7.19. The summed E-state index contributed by atoms with van der Waals surface area (Å²) in [5, 5.41) is 1.19. The van der Waals surface area contributed by atoms with Crippen molar-refractivity contribution in [2.24, 2.45) is 5.84 Å². The normalized spacial score (nSPS) is 10.0. The van der Waals surface area contributed by atoms with Crippen LogP contribution in [0.4, 0.5) is 10.5 Å². The van der Waals surface area contributed by atoms with E-state index in [1.54, 1.807) is 4.90 Å². The molecule has 0 fully saturated rings. The molecular weight excluding hydrogens is 202 g/mol. The number of hydrogen-bond acceptors (Lipinski definition) is 2. The number of nitrogens with zero attached hydrogens (tertiary/aromatic N) is 2. The van der Waals surface area contributed by atoms with Gasteiger partial charge < -0.3 is 4.90 Å². The van der Waals surface area contributed by atoms with Crippen LogP contribution < -0.4 is 10.9 Å². The Bertz CT molecular complexity index is 344. The van der Waals surface area contributed by atoms with Crippen molar-refractivity contribution in [1.82, 2.24) is 4.90 Å². The fourth-order valence-electron chi connectivity index (χ4n) is 1.46. The van der Waals surface area contributed by atoms with Crippen LogP contribution in [-0.4, -0.2) is 24.0 Å². The summed E-state index contributed by atoms with van der Waals surface area (Å²) < 4.78 is 0. The number of hydrazine groups is 1. The van der Waals surface area contributed by atoms with Crippen molar-refractivity contribution in [3.8, 4) is 0 Å². The summed E-state index contributed by atoms with van der Waals surface area (Å²) in [5.41, 5.74) is 1.86. The highest BCUT2D eigenvalue weighted by Gasteiger charge is 2.16. The van der Waals surface area contributed by atoms with Crippen molar-refractivity contribution in [2.75, 3.05) is 18.1 Å². The average molecular weight is 221 g/mol. The Morgan fingerprint density at radius 2 is 1.69 bits per heavy atom. The summed E-state index contributed by atoms with van der Waals surface area (Å²) in [5.74, 6) is 5.78. The monoisotopic (exact) mass is 221 g/mol. The van der Waals surface area contributed by atoms with Gasteiger partial charge in [-0.2, -0.15) is 0 Å². The van der Waals surface area contributed by atoms with Crippen molar-refractivity contribution in [2.45, 2.75) is 20.8 Å². The highest BCUT2D eigenvalue weighted by molar-refractivity contribution is 5.90. The lowest BCUT2D eigenvalue weighted by Gasteiger charge is -2.25. The van der Waals surface area contributed by atoms with Crippen LogP contribution in [0.5, 0.6) is 0 Å². The lowest BCUT2D eigenvalue weighted by molar-refractivity contribution is 0.210. The second kappa shape index (κ2) is 5.51. The van der Waals surface area contributed by atoms with Crippen LogP contribution in [0.15, 0.2) is 24.3 Å². The zero-order valence-electron chi connectivity index (χ0n) is 10.1. The summed E-state index contributed by atoms with van der Waals surface area (Å²) in [6, 6.07) is 7.39. The van der Waals surface area contributed by atoms with E-state index in [1.165, 1.54) is 5.01 Å². The fraction of sp³-hybridized carbons (Fsp3) is 0.417. The number of benzene rings is 1. The molecule has 0 saturated carbocycles. The molecule has 0 atom stereocenters. The maximum atomic E-state index is 11.9. The number of anilines is 1. The van der Waals surface area contributed by atoms with Crippen LogP contribution in [0.2, 0.25) is 0 Å². The molecule has 0 aliphatic rings. The molecule has 0 aliphatic carbocycles. The highest BCUT2D eigenvalue weighted by atomic mass is 16.2. The van der Waals surface area contributed by atoms with Crippen LogP contribution in [-0.2, 0) is 0 Å². The second-order valence-corrected chi connectivity index (χ2v) is 3.66.